The lowest BCUT2D eigenvalue weighted by atomic mass is 9.91. The van der Waals surface area contributed by atoms with Crippen molar-refractivity contribution < 1.29 is 9.53 Å². The topological polar surface area (TPSA) is 79.4 Å². The molecule has 0 aliphatic carbocycles. The smallest absolute Gasteiger partial charge is 0.146 e. The maximum Gasteiger partial charge on any atom is 0.146 e. The number of ether oxygens (including phenoxy) is 1. The van der Waals surface area contributed by atoms with Gasteiger partial charge in [0, 0.05) is 29.6 Å². The molecule has 2 unspecified atom stereocenters. The van der Waals surface area contributed by atoms with E-state index in [0.29, 0.717) is 17.5 Å². The number of rotatable bonds is 6. The van der Waals surface area contributed by atoms with Crippen LogP contribution in [0.2, 0.25) is 0 Å². The van der Waals surface area contributed by atoms with E-state index in [-0.39, 0.29) is 0 Å². The molecule has 7 heteroatoms. The summed E-state index contributed by atoms with van der Waals surface area (Å²) in [6, 6.07) is 12.0. The van der Waals surface area contributed by atoms with E-state index < -0.39 is 6.04 Å². The molecule has 0 radical (unpaired) electrons. The lowest BCUT2D eigenvalue weighted by Gasteiger charge is -2.30. The van der Waals surface area contributed by atoms with Crippen molar-refractivity contribution in [3.05, 3.63) is 71.7 Å². The lowest BCUT2D eigenvalue weighted by molar-refractivity contribution is -0.109. The fourth-order valence-corrected chi connectivity index (χ4v) is 4.80. The third kappa shape index (κ3) is 4.52. The van der Waals surface area contributed by atoms with E-state index in [4.69, 9.17) is 9.72 Å². The molecule has 2 atom stereocenters. The van der Waals surface area contributed by atoms with E-state index in [0.717, 1.165) is 40.9 Å². The molecule has 5 rings (SSSR count). The predicted molar refractivity (Wildman–Crippen MR) is 134 cm³/mol. The number of anilines is 2. The van der Waals surface area contributed by atoms with Gasteiger partial charge in [-0.2, -0.15) is 0 Å². The van der Waals surface area contributed by atoms with Gasteiger partial charge in [0.15, 0.2) is 0 Å². The number of nitrogens with one attached hydrogen (secondary N) is 2. The van der Waals surface area contributed by atoms with Crippen LogP contribution >= 0.6 is 0 Å². The number of likely N-dealkylation sites (N-methyl/N-ethyl adjacent to an activating group) is 1. The highest BCUT2D eigenvalue weighted by Crippen LogP contribution is 2.35. The van der Waals surface area contributed by atoms with E-state index >= 15 is 0 Å². The second-order valence-corrected chi connectivity index (χ2v) is 8.93. The number of carbonyl (C=O) groups is 1. The summed E-state index contributed by atoms with van der Waals surface area (Å²) in [6.07, 6.45) is 10.6. The molecule has 174 valence electrons. The van der Waals surface area contributed by atoms with Crippen LogP contribution in [0, 0.1) is 0 Å². The highest BCUT2D eigenvalue weighted by atomic mass is 16.5. The maximum atomic E-state index is 11.8. The number of aldehydes is 1. The monoisotopic (exact) mass is 455 g/mol. The van der Waals surface area contributed by atoms with Gasteiger partial charge < -0.3 is 25.1 Å². The van der Waals surface area contributed by atoms with Gasteiger partial charge in [-0.1, -0.05) is 12.1 Å². The molecule has 1 fully saturated rings. The van der Waals surface area contributed by atoms with Crippen LogP contribution < -0.4 is 15.4 Å². The Morgan fingerprint density at radius 1 is 1.21 bits per heavy atom. The molecule has 1 saturated heterocycles. The molecule has 0 saturated carbocycles. The highest BCUT2D eigenvalue weighted by molar-refractivity contribution is 5.80. The SMILES string of the molecule is COc1cncc(-c2cc3c(c(Nc4ccc(C5CCCN(C)C5)cc4)n2)C(C=O)NC=C3)c1. The van der Waals surface area contributed by atoms with Gasteiger partial charge in [-0.25, -0.2) is 4.98 Å². The average Bonchev–Trinajstić information content (AvgIpc) is 2.88. The molecule has 34 heavy (non-hydrogen) atoms. The number of hydrogen-bond acceptors (Lipinski definition) is 7. The number of nitrogens with zero attached hydrogens (tertiary/aromatic N) is 3. The van der Waals surface area contributed by atoms with Crippen LogP contribution in [0.15, 0.2) is 55.0 Å². The zero-order valence-electron chi connectivity index (χ0n) is 19.5. The fraction of sp³-hybridized carbons (Fsp3) is 0.296. The highest BCUT2D eigenvalue weighted by Gasteiger charge is 2.23. The van der Waals surface area contributed by atoms with Crippen molar-refractivity contribution >= 4 is 23.9 Å². The Kier molecular flexibility index (Phi) is 6.27. The van der Waals surface area contributed by atoms with Gasteiger partial charge in [-0.05, 0) is 80.0 Å². The predicted octanol–water partition coefficient (Wildman–Crippen LogP) is 4.52. The number of hydrogen-bond donors (Lipinski definition) is 2. The van der Waals surface area contributed by atoms with E-state index in [9.17, 15) is 4.79 Å². The van der Waals surface area contributed by atoms with E-state index in [1.807, 2.05) is 18.2 Å². The number of likely N-dealkylation sites (tertiary alicyclic amines) is 1. The molecule has 2 aliphatic rings. The lowest BCUT2D eigenvalue weighted by Crippen LogP contribution is -2.30. The summed E-state index contributed by atoms with van der Waals surface area (Å²) in [5.74, 6) is 1.88. The first kappa shape index (κ1) is 22.1. The van der Waals surface area contributed by atoms with Crippen molar-refractivity contribution in [1.82, 2.24) is 20.2 Å². The molecule has 1 aromatic carbocycles. The van der Waals surface area contributed by atoms with Gasteiger partial charge in [-0.15, -0.1) is 0 Å². The van der Waals surface area contributed by atoms with Gasteiger partial charge >= 0.3 is 0 Å². The molecule has 0 spiro atoms. The molecular weight excluding hydrogens is 426 g/mol. The summed E-state index contributed by atoms with van der Waals surface area (Å²) in [7, 11) is 3.81. The first-order chi connectivity index (χ1) is 16.6. The number of methoxy groups -OCH3 is 1. The van der Waals surface area contributed by atoms with Crippen LogP contribution in [0.5, 0.6) is 5.75 Å². The minimum atomic E-state index is -0.468. The molecule has 2 aromatic heterocycles. The Bertz CT molecular complexity index is 1210. The summed E-state index contributed by atoms with van der Waals surface area (Å²) in [6.45, 7) is 2.27. The van der Waals surface area contributed by atoms with Crippen molar-refractivity contribution in [2.24, 2.45) is 0 Å². The third-order valence-corrected chi connectivity index (χ3v) is 6.59. The number of benzene rings is 1. The van der Waals surface area contributed by atoms with Crippen molar-refractivity contribution in [3.63, 3.8) is 0 Å². The van der Waals surface area contributed by atoms with Crippen LogP contribution in [0.4, 0.5) is 11.5 Å². The van der Waals surface area contributed by atoms with Crippen LogP contribution in [0.3, 0.4) is 0 Å². The number of aromatic nitrogens is 2. The number of carbonyl (C=O) groups excluding carboxylic acids is 1. The zero-order chi connectivity index (χ0) is 23.5. The van der Waals surface area contributed by atoms with Crippen molar-refractivity contribution in [1.29, 1.82) is 0 Å². The van der Waals surface area contributed by atoms with Crippen molar-refractivity contribution in [2.45, 2.75) is 24.8 Å². The Morgan fingerprint density at radius 2 is 2.06 bits per heavy atom. The van der Waals surface area contributed by atoms with E-state index in [1.54, 1.807) is 25.7 Å². The van der Waals surface area contributed by atoms with Crippen LogP contribution in [-0.4, -0.2) is 48.4 Å². The molecule has 2 N–H and O–H groups in total. The Hall–Kier alpha value is -3.71. The summed E-state index contributed by atoms with van der Waals surface area (Å²) in [5, 5.41) is 6.59. The van der Waals surface area contributed by atoms with E-state index in [1.165, 1.54) is 24.9 Å². The van der Waals surface area contributed by atoms with Crippen LogP contribution in [0.1, 0.15) is 41.5 Å². The van der Waals surface area contributed by atoms with Gasteiger partial charge in [-0.3, -0.25) is 4.98 Å². The first-order valence-corrected chi connectivity index (χ1v) is 11.6. The normalized spacial score (nSPS) is 19.7. The molecule has 3 aromatic rings. The van der Waals surface area contributed by atoms with Crippen LogP contribution in [-0.2, 0) is 4.79 Å². The number of fused-ring (bicyclic) bond motifs is 1. The average molecular weight is 456 g/mol. The quantitative estimate of drug-likeness (QED) is 0.529. The van der Waals surface area contributed by atoms with Crippen molar-refractivity contribution in [2.75, 3.05) is 32.6 Å². The largest absolute Gasteiger partial charge is 0.495 e. The van der Waals surface area contributed by atoms with Crippen molar-refractivity contribution in [3.8, 4) is 17.0 Å². The molecule has 7 nitrogen and oxygen atoms in total. The van der Waals surface area contributed by atoms with Crippen LogP contribution in [0.25, 0.3) is 17.3 Å². The number of pyridine rings is 2. The Labute approximate surface area is 199 Å². The Morgan fingerprint density at radius 3 is 2.82 bits per heavy atom. The number of piperidine rings is 1. The fourth-order valence-electron chi connectivity index (χ4n) is 4.80. The first-order valence-electron chi connectivity index (χ1n) is 11.6. The second kappa shape index (κ2) is 9.65. The summed E-state index contributed by atoms with van der Waals surface area (Å²) < 4.78 is 5.34. The van der Waals surface area contributed by atoms with E-state index in [2.05, 4.69) is 51.8 Å². The van der Waals surface area contributed by atoms with Gasteiger partial charge in [0.1, 0.15) is 23.9 Å². The summed E-state index contributed by atoms with van der Waals surface area (Å²) in [5.41, 5.74) is 5.66. The third-order valence-electron chi connectivity index (χ3n) is 6.59. The van der Waals surface area contributed by atoms with Gasteiger partial charge in [0.05, 0.1) is 19.0 Å². The minimum Gasteiger partial charge on any atom is -0.495 e. The molecule has 2 aliphatic heterocycles. The maximum absolute atomic E-state index is 11.8. The molecule has 4 heterocycles. The molecular formula is C27H29N5O2. The summed E-state index contributed by atoms with van der Waals surface area (Å²) >= 11 is 0. The molecule has 0 bridgehead atoms. The zero-order valence-corrected chi connectivity index (χ0v) is 19.5. The summed E-state index contributed by atoms with van der Waals surface area (Å²) in [4.78, 5) is 23.4. The van der Waals surface area contributed by atoms with Gasteiger partial charge in [0.25, 0.3) is 0 Å². The molecule has 0 amide bonds. The second-order valence-electron chi connectivity index (χ2n) is 8.93. The minimum absolute atomic E-state index is 0.468. The van der Waals surface area contributed by atoms with Gasteiger partial charge in [0.2, 0.25) is 0 Å². The Balaban J connectivity index is 1.49. The standard InChI is InChI=1S/C27H29N5O2/c1-32-11-3-4-20(16-32)18-5-7-22(8-6-18)30-27-26-19(9-10-29-25(26)17-33)13-24(31-27)21-12-23(34-2)15-28-14-21/h5-10,12-15,17,20,25,29H,3-4,11,16H2,1-2H3,(H,30,31).